The third kappa shape index (κ3) is 9.57. The number of pyridine rings is 1. The molecule has 7 nitrogen and oxygen atoms in total. The lowest BCUT2D eigenvalue weighted by Crippen LogP contribution is -2.37. The molecule has 2 rings (SSSR count). The minimum absolute atomic E-state index is 0. The number of unbranched alkanes of at least 4 members (excludes halogenated alkanes) is 1. The molecule has 1 saturated heterocycles. The average Bonchev–Trinajstić information content (AvgIpc) is 3.18. The predicted molar refractivity (Wildman–Crippen MR) is 118 cm³/mol. The minimum Gasteiger partial charge on any atom is -0.477 e. The molecule has 2 N–H and O–H groups in total. The van der Waals surface area contributed by atoms with E-state index in [9.17, 15) is 0 Å². The standard InChI is InChI=1S/C19H32N4O3.HI/c1-3-4-11-26-18-16(7-5-9-21-18)14-23-19(20-2)22-10-6-12-25-17-8-13-24-15-17;/h5,7,9,17H,3-4,6,8,10-15H2,1-2H3,(H2,20,22,23);1H. The molecule has 1 unspecified atom stereocenters. The summed E-state index contributed by atoms with van der Waals surface area (Å²) in [6.07, 6.45) is 6.09. The molecule has 0 bridgehead atoms. The molecule has 1 atom stereocenters. The van der Waals surface area contributed by atoms with Gasteiger partial charge in [-0.25, -0.2) is 4.98 Å². The van der Waals surface area contributed by atoms with Gasteiger partial charge in [-0.15, -0.1) is 24.0 Å². The fourth-order valence-electron chi connectivity index (χ4n) is 2.57. The Morgan fingerprint density at radius 1 is 1.33 bits per heavy atom. The zero-order valence-corrected chi connectivity index (χ0v) is 18.7. The van der Waals surface area contributed by atoms with Crippen molar-refractivity contribution < 1.29 is 14.2 Å². The van der Waals surface area contributed by atoms with Crippen LogP contribution in [0.25, 0.3) is 0 Å². The fourth-order valence-corrected chi connectivity index (χ4v) is 2.57. The van der Waals surface area contributed by atoms with E-state index in [1.807, 2.05) is 12.1 Å². The summed E-state index contributed by atoms with van der Waals surface area (Å²) >= 11 is 0. The molecule has 2 heterocycles. The maximum atomic E-state index is 5.77. The summed E-state index contributed by atoms with van der Waals surface area (Å²) in [5, 5.41) is 6.61. The number of nitrogens with zero attached hydrogens (tertiary/aromatic N) is 2. The van der Waals surface area contributed by atoms with Gasteiger partial charge >= 0.3 is 0 Å². The van der Waals surface area contributed by atoms with Crippen molar-refractivity contribution in [3.05, 3.63) is 23.9 Å². The monoisotopic (exact) mass is 492 g/mol. The highest BCUT2D eigenvalue weighted by atomic mass is 127. The number of nitrogens with one attached hydrogen (secondary N) is 2. The minimum atomic E-state index is 0. The number of halogens is 1. The Bertz CT molecular complexity index is 539. The largest absolute Gasteiger partial charge is 0.477 e. The number of aliphatic imine (C=N–C) groups is 1. The van der Waals surface area contributed by atoms with Crippen molar-refractivity contribution in [3.8, 4) is 5.88 Å². The van der Waals surface area contributed by atoms with Crippen molar-refractivity contribution in [2.45, 2.75) is 45.3 Å². The second-order valence-electron chi connectivity index (χ2n) is 6.23. The summed E-state index contributed by atoms with van der Waals surface area (Å²) in [5.74, 6) is 1.45. The Hall–Kier alpha value is -1.13. The van der Waals surface area contributed by atoms with Gasteiger partial charge in [0.1, 0.15) is 0 Å². The molecule has 1 fully saturated rings. The zero-order valence-electron chi connectivity index (χ0n) is 16.4. The van der Waals surface area contributed by atoms with E-state index in [0.717, 1.165) is 63.6 Å². The molecule has 1 aliphatic heterocycles. The molecule has 8 heteroatoms. The van der Waals surface area contributed by atoms with Gasteiger partial charge in [0.05, 0.1) is 19.3 Å². The van der Waals surface area contributed by atoms with Crippen LogP contribution in [0.15, 0.2) is 23.3 Å². The first kappa shape index (κ1) is 23.9. The molecule has 1 aromatic heterocycles. The van der Waals surface area contributed by atoms with E-state index < -0.39 is 0 Å². The smallest absolute Gasteiger partial charge is 0.218 e. The molecule has 0 spiro atoms. The van der Waals surface area contributed by atoms with Gasteiger partial charge in [0.15, 0.2) is 5.96 Å². The molecule has 0 saturated carbocycles. The van der Waals surface area contributed by atoms with E-state index >= 15 is 0 Å². The topological polar surface area (TPSA) is 77.0 Å². The van der Waals surface area contributed by atoms with Gasteiger partial charge in [-0.2, -0.15) is 0 Å². The molecule has 154 valence electrons. The van der Waals surface area contributed by atoms with Crippen LogP contribution >= 0.6 is 24.0 Å². The van der Waals surface area contributed by atoms with Gasteiger partial charge in [0.25, 0.3) is 0 Å². The van der Waals surface area contributed by atoms with E-state index in [0.29, 0.717) is 19.0 Å². The van der Waals surface area contributed by atoms with Crippen molar-refractivity contribution in [1.82, 2.24) is 15.6 Å². The second-order valence-corrected chi connectivity index (χ2v) is 6.23. The maximum Gasteiger partial charge on any atom is 0.218 e. The number of rotatable bonds is 11. The summed E-state index contributed by atoms with van der Waals surface area (Å²) in [6.45, 7) is 6.54. The van der Waals surface area contributed by atoms with Crippen molar-refractivity contribution in [1.29, 1.82) is 0 Å². The third-order valence-electron chi connectivity index (χ3n) is 4.11. The lowest BCUT2D eigenvalue weighted by Gasteiger charge is -2.14. The lowest BCUT2D eigenvalue weighted by atomic mass is 10.2. The van der Waals surface area contributed by atoms with Gasteiger partial charge in [-0.05, 0) is 25.3 Å². The van der Waals surface area contributed by atoms with Gasteiger partial charge in [-0.1, -0.05) is 19.4 Å². The molecule has 0 radical (unpaired) electrons. The van der Waals surface area contributed by atoms with Gasteiger partial charge in [-0.3, -0.25) is 4.99 Å². The molecule has 27 heavy (non-hydrogen) atoms. The van der Waals surface area contributed by atoms with Crippen LogP contribution in [0.4, 0.5) is 0 Å². The van der Waals surface area contributed by atoms with E-state index in [1.54, 1.807) is 13.2 Å². The number of ether oxygens (including phenoxy) is 3. The van der Waals surface area contributed by atoms with Crippen LogP contribution in [0, 0.1) is 0 Å². The lowest BCUT2D eigenvalue weighted by molar-refractivity contribution is 0.0420. The number of aromatic nitrogens is 1. The second kappa shape index (κ2) is 14.9. The van der Waals surface area contributed by atoms with Gasteiger partial charge in [0, 0.05) is 45.1 Å². The summed E-state index contributed by atoms with van der Waals surface area (Å²) in [6, 6.07) is 3.94. The van der Waals surface area contributed by atoms with Crippen molar-refractivity contribution in [3.63, 3.8) is 0 Å². The third-order valence-corrected chi connectivity index (χ3v) is 4.11. The van der Waals surface area contributed by atoms with E-state index in [-0.39, 0.29) is 30.1 Å². The highest BCUT2D eigenvalue weighted by Gasteiger charge is 2.15. The molecular weight excluding hydrogens is 459 g/mol. The van der Waals surface area contributed by atoms with Crippen LogP contribution in [0.1, 0.15) is 38.2 Å². The highest BCUT2D eigenvalue weighted by molar-refractivity contribution is 14.0. The molecule has 0 amide bonds. The van der Waals surface area contributed by atoms with Gasteiger partial charge < -0.3 is 24.8 Å². The summed E-state index contributed by atoms with van der Waals surface area (Å²) in [4.78, 5) is 8.58. The highest BCUT2D eigenvalue weighted by Crippen LogP contribution is 2.14. The van der Waals surface area contributed by atoms with Crippen molar-refractivity contribution in [2.24, 2.45) is 4.99 Å². The van der Waals surface area contributed by atoms with Crippen molar-refractivity contribution in [2.75, 3.05) is 40.0 Å². The molecule has 1 aliphatic rings. The van der Waals surface area contributed by atoms with Crippen LogP contribution in [-0.2, 0) is 16.0 Å². The summed E-state index contributed by atoms with van der Waals surface area (Å²) in [5.41, 5.74) is 1.02. The first-order valence-corrected chi connectivity index (χ1v) is 9.54. The molecule has 1 aromatic rings. The average molecular weight is 492 g/mol. The molecule has 0 aromatic carbocycles. The van der Waals surface area contributed by atoms with Crippen LogP contribution in [0.3, 0.4) is 0 Å². The number of hydrogen-bond donors (Lipinski definition) is 2. The Morgan fingerprint density at radius 2 is 2.22 bits per heavy atom. The summed E-state index contributed by atoms with van der Waals surface area (Å²) < 4.78 is 16.8. The van der Waals surface area contributed by atoms with Crippen LogP contribution < -0.4 is 15.4 Å². The van der Waals surface area contributed by atoms with Crippen LogP contribution in [0.2, 0.25) is 0 Å². The normalized spacial score (nSPS) is 16.7. The van der Waals surface area contributed by atoms with E-state index in [4.69, 9.17) is 14.2 Å². The Labute approximate surface area is 179 Å². The quantitative estimate of drug-likeness (QED) is 0.214. The Kier molecular flexibility index (Phi) is 13.2. The van der Waals surface area contributed by atoms with Gasteiger partial charge in [0.2, 0.25) is 5.88 Å². The Morgan fingerprint density at radius 3 is 2.96 bits per heavy atom. The van der Waals surface area contributed by atoms with E-state index in [1.165, 1.54) is 0 Å². The number of hydrogen-bond acceptors (Lipinski definition) is 5. The Balaban J connectivity index is 0.00000364. The predicted octanol–water partition coefficient (Wildman–Crippen LogP) is 2.74. The molecular formula is C19H33IN4O3. The zero-order chi connectivity index (χ0) is 18.5. The first-order chi connectivity index (χ1) is 12.8. The fraction of sp³-hybridized carbons (Fsp3) is 0.684. The SMILES string of the molecule is CCCCOc1ncccc1CNC(=NC)NCCCOC1CCOC1.I. The van der Waals surface area contributed by atoms with E-state index in [2.05, 4.69) is 27.5 Å². The van der Waals surface area contributed by atoms with Crippen LogP contribution in [-0.4, -0.2) is 57.1 Å². The number of guanidine groups is 1. The van der Waals surface area contributed by atoms with Crippen LogP contribution in [0.5, 0.6) is 5.88 Å². The van der Waals surface area contributed by atoms with Crippen molar-refractivity contribution >= 4 is 29.9 Å². The summed E-state index contributed by atoms with van der Waals surface area (Å²) in [7, 11) is 1.77. The molecule has 0 aliphatic carbocycles. The first-order valence-electron chi connectivity index (χ1n) is 9.54. The maximum absolute atomic E-state index is 5.77.